The molecule has 0 radical (unpaired) electrons. The van der Waals surface area contributed by atoms with Gasteiger partial charge in [0.15, 0.2) is 0 Å². The number of hydrogen-bond donors (Lipinski definition) is 3. The van der Waals surface area contributed by atoms with E-state index in [0.29, 0.717) is 11.3 Å². The summed E-state index contributed by atoms with van der Waals surface area (Å²) in [5.41, 5.74) is 6.92. The third kappa shape index (κ3) is 3.00. The first kappa shape index (κ1) is 11.6. The van der Waals surface area contributed by atoms with Crippen molar-refractivity contribution in [3.8, 4) is 5.75 Å². The molecule has 1 rings (SSSR count). The number of nitrogen functional groups attached to an aromatic ring is 1. The van der Waals surface area contributed by atoms with Crippen LogP contribution in [0.15, 0.2) is 12.1 Å². The molecule has 6 nitrogen and oxygen atoms in total. The van der Waals surface area contributed by atoms with Gasteiger partial charge in [-0.25, -0.2) is 0 Å². The maximum absolute atomic E-state index is 10.6. The van der Waals surface area contributed by atoms with Crippen molar-refractivity contribution in [1.82, 2.24) is 0 Å². The van der Waals surface area contributed by atoms with E-state index >= 15 is 0 Å². The molecule has 0 atom stereocenters. The van der Waals surface area contributed by atoms with E-state index in [0.717, 1.165) is 0 Å². The number of methoxy groups -OCH3 is 1. The maximum atomic E-state index is 10.6. The lowest BCUT2D eigenvalue weighted by molar-refractivity contribution is 0.416. The van der Waals surface area contributed by atoms with Gasteiger partial charge in [0, 0.05) is 11.8 Å². The smallest absolute Gasteiger partial charge is 0.357 e. The minimum atomic E-state index is -4.31. The summed E-state index contributed by atoms with van der Waals surface area (Å²) in [5, 5.41) is 0. The average molecular weight is 232 g/mol. The lowest BCUT2D eigenvalue weighted by atomic mass is 10.2. The Hall–Kier alpha value is -1.47. The molecule has 0 fully saturated rings. The number of nitrogens with one attached hydrogen (secondary N) is 1. The lowest BCUT2D eigenvalue weighted by Gasteiger charge is -2.11. The Labute approximate surface area is 87.9 Å². The van der Waals surface area contributed by atoms with Crippen LogP contribution >= 0.6 is 0 Å². The molecule has 1 aromatic carbocycles. The van der Waals surface area contributed by atoms with Gasteiger partial charge in [-0.1, -0.05) is 0 Å². The van der Waals surface area contributed by atoms with Crippen LogP contribution in [-0.2, 0) is 10.3 Å². The van der Waals surface area contributed by atoms with Crippen molar-refractivity contribution in [3.63, 3.8) is 0 Å². The second-order valence-electron chi connectivity index (χ2n) is 2.99. The van der Waals surface area contributed by atoms with Crippen LogP contribution in [0.4, 0.5) is 11.4 Å². The van der Waals surface area contributed by atoms with Crippen molar-refractivity contribution >= 4 is 21.7 Å². The second-order valence-corrected chi connectivity index (χ2v) is 4.14. The number of ether oxygens (including phenoxy) is 1. The van der Waals surface area contributed by atoms with Crippen LogP contribution in [-0.4, -0.2) is 20.1 Å². The van der Waals surface area contributed by atoms with Crippen LogP contribution in [0.5, 0.6) is 5.75 Å². The Bertz CT molecular complexity index is 470. The van der Waals surface area contributed by atoms with Crippen molar-refractivity contribution in [2.45, 2.75) is 6.92 Å². The van der Waals surface area contributed by atoms with Crippen LogP contribution in [0, 0.1) is 6.92 Å². The van der Waals surface area contributed by atoms with Crippen LogP contribution in [0.2, 0.25) is 0 Å². The van der Waals surface area contributed by atoms with Gasteiger partial charge in [0.2, 0.25) is 0 Å². The fourth-order valence-corrected chi connectivity index (χ4v) is 1.53. The molecule has 0 aromatic heterocycles. The highest BCUT2D eigenvalue weighted by molar-refractivity contribution is 7.87. The van der Waals surface area contributed by atoms with Crippen LogP contribution in [0.1, 0.15) is 5.56 Å². The van der Waals surface area contributed by atoms with E-state index in [2.05, 4.69) is 0 Å². The first-order chi connectivity index (χ1) is 6.83. The zero-order valence-electron chi connectivity index (χ0n) is 8.31. The topological polar surface area (TPSA) is 102 Å². The summed E-state index contributed by atoms with van der Waals surface area (Å²) in [6.45, 7) is 1.71. The normalized spacial score (nSPS) is 11.1. The maximum Gasteiger partial charge on any atom is 0.357 e. The Balaban J connectivity index is 3.22. The van der Waals surface area contributed by atoms with Crippen molar-refractivity contribution in [2.75, 3.05) is 17.6 Å². The van der Waals surface area contributed by atoms with Gasteiger partial charge in [-0.3, -0.25) is 9.27 Å². The average Bonchev–Trinajstić information content (AvgIpc) is 2.08. The monoisotopic (exact) mass is 232 g/mol. The molecule has 0 unspecified atom stereocenters. The molecule has 0 amide bonds. The van der Waals surface area contributed by atoms with Gasteiger partial charge in [-0.2, -0.15) is 8.42 Å². The summed E-state index contributed by atoms with van der Waals surface area (Å²) in [7, 11) is -2.94. The number of hydrogen-bond acceptors (Lipinski definition) is 4. The third-order valence-electron chi connectivity index (χ3n) is 1.83. The SMILES string of the molecule is COc1cc(N)c(C)cc1NS(=O)(=O)O. The van der Waals surface area contributed by atoms with E-state index in [1.54, 1.807) is 6.92 Å². The molecule has 0 aliphatic heterocycles. The van der Waals surface area contributed by atoms with Crippen molar-refractivity contribution in [3.05, 3.63) is 17.7 Å². The van der Waals surface area contributed by atoms with Crippen LogP contribution in [0.25, 0.3) is 0 Å². The Kier molecular flexibility index (Phi) is 3.06. The minimum absolute atomic E-state index is 0.145. The van der Waals surface area contributed by atoms with Crippen molar-refractivity contribution < 1.29 is 17.7 Å². The summed E-state index contributed by atoms with van der Waals surface area (Å²) in [6, 6.07) is 2.95. The molecular formula is C8H12N2O4S. The predicted molar refractivity (Wildman–Crippen MR) is 57.3 cm³/mol. The van der Waals surface area contributed by atoms with E-state index in [-0.39, 0.29) is 11.4 Å². The zero-order chi connectivity index (χ0) is 11.6. The zero-order valence-corrected chi connectivity index (χ0v) is 9.13. The van der Waals surface area contributed by atoms with E-state index in [1.807, 2.05) is 4.72 Å². The summed E-state index contributed by atoms with van der Waals surface area (Å²) >= 11 is 0. The van der Waals surface area contributed by atoms with E-state index in [4.69, 9.17) is 15.0 Å². The van der Waals surface area contributed by atoms with Crippen molar-refractivity contribution in [1.29, 1.82) is 0 Å². The highest BCUT2D eigenvalue weighted by atomic mass is 32.2. The molecule has 15 heavy (non-hydrogen) atoms. The summed E-state index contributed by atoms with van der Waals surface area (Å²) in [6.07, 6.45) is 0. The molecule has 0 aliphatic carbocycles. The fourth-order valence-electron chi connectivity index (χ4n) is 1.09. The summed E-state index contributed by atoms with van der Waals surface area (Å²) in [4.78, 5) is 0. The molecule has 4 N–H and O–H groups in total. The Morgan fingerprint density at radius 1 is 1.47 bits per heavy atom. The molecule has 0 saturated heterocycles. The van der Waals surface area contributed by atoms with Gasteiger partial charge in [-0.05, 0) is 18.6 Å². The highest BCUT2D eigenvalue weighted by Gasteiger charge is 2.11. The first-order valence-electron chi connectivity index (χ1n) is 4.03. The van der Waals surface area contributed by atoms with E-state index < -0.39 is 10.3 Å². The highest BCUT2D eigenvalue weighted by Crippen LogP contribution is 2.29. The largest absolute Gasteiger partial charge is 0.494 e. The van der Waals surface area contributed by atoms with E-state index in [9.17, 15) is 8.42 Å². The predicted octanol–water partition coefficient (Wildman–Crippen LogP) is 0.801. The number of aryl methyl sites for hydroxylation is 1. The molecule has 0 aliphatic rings. The van der Waals surface area contributed by atoms with Crippen LogP contribution < -0.4 is 15.2 Å². The van der Waals surface area contributed by atoms with Gasteiger partial charge in [0.25, 0.3) is 0 Å². The number of anilines is 2. The quantitative estimate of drug-likeness (QED) is 0.528. The Morgan fingerprint density at radius 2 is 2.07 bits per heavy atom. The lowest BCUT2D eigenvalue weighted by Crippen LogP contribution is -2.11. The number of benzene rings is 1. The summed E-state index contributed by atoms with van der Waals surface area (Å²) < 4.78 is 36.7. The van der Waals surface area contributed by atoms with Gasteiger partial charge >= 0.3 is 10.3 Å². The number of nitrogens with two attached hydrogens (primary N) is 1. The molecule has 0 spiro atoms. The van der Waals surface area contributed by atoms with Crippen molar-refractivity contribution in [2.24, 2.45) is 0 Å². The standard InChI is InChI=1S/C8H12N2O4S/c1-5-3-7(10-15(11,12)13)8(14-2)4-6(5)9/h3-4,10H,9H2,1-2H3,(H,11,12,13). The molecule has 0 bridgehead atoms. The second kappa shape index (κ2) is 3.95. The number of rotatable bonds is 3. The van der Waals surface area contributed by atoms with Crippen LogP contribution in [0.3, 0.4) is 0 Å². The molecule has 7 heteroatoms. The van der Waals surface area contributed by atoms with E-state index in [1.165, 1.54) is 19.2 Å². The molecule has 0 heterocycles. The minimum Gasteiger partial charge on any atom is -0.494 e. The van der Waals surface area contributed by atoms with Gasteiger partial charge in [0.05, 0.1) is 12.8 Å². The first-order valence-corrected chi connectivity index (χ1v) is 5.47. The van der Waals surface area contributed by atoms with Gasteiger partial charge in [0.1, 0.15) is 5.75 Å². The molecule has 84 valence electrons. The molecular weight excluding hydrogens is 220 g/mol. The fraction of sp³-hybridized carbons (Fsp3) is 0.250. The third-order valence-corrected chi connectivity index (χ3v) is 2.30. The molecule has 0 saturated carbocycles. The van der Waals surface area contributed by atoms with Gasteiger partial charge < -0.3 is 10.5 Å². The van der Waals surface area contributed by atoms with Gasteiger partial charge in [-0.15, -0.1) is 0 Å². The molecule has 1 aromatic rings. The summed E-state index contributed by atoms with van der Waals surface area (Å²) in [5.74, 6) is 0.246. The Morgan fingerprint density at radius 3 is 2.53 bits per heavy atom.